The number of amides is 1. The van der Waals surface area contributed by atoms with Gasteiger partial charge in [0, 0.05) is 38.1 Å². The standard InChI is InChI=1S/C19H29N3O2/c1-15(22-12-10-21(2)11-13-22)18(24)20-14-19(8-9-19)17(23)16-6-4-3-5-7-16/h3-7,15,17,23H,8-14H2,1-2H3,(H,20,24). The summed E-state index contributed by atoms with van der Waals surface area (Å²) in [7, 11) is 2.11. The SMILES string of the molecule is CC(C(=O)NCC1(C(O)c2ccccc2)CC1)N1CCN(C)CC1. The highest BCUT2D eigenvalue weighted by molar-refractivity contribution is 5.81. The van der Waals surface area contributed by atoms with Gasteiger partial charge in [-0.1, -0.05) is 30.3 Å². The van der Waals surface area contributed by atoms with E-state index in [1.54, 1.807) is 0 Å². The number of aliphatic hydroxyl groups is 1. The fraction of sp³-hybridized carbons (Fsp3) is 0.632. The van der Waals surface area contributed by atoms with E-state index < -0.39 is 6.10 Å². The molecule has 24 heavy (non-hydrogen) atoms. The molecular weight excluding hydrogens is 302 g/mol. The molecule has 132 valence electrons. The number of carbonyl (C=O) groups is 1. The quantitative estimate of drug-likeness (QED) is 0.824. The normalized spacial score (nSPS) is 23.5. The highest BCUT2D eigenvalue weighted by Gasteiger charge is 2.49. The van der Waals surface area contributed by atoms with Crippen molar-refractivity contribution in [2.24, 2.45) is 5.41 Å². The fourth-order valence-corrected chi connectivity index (χ4v) is 3.48. The van der Waals surface area contributed by atoms with Crippen LogP contribution in [0.15, 0.2) is 30.3 Å². The monoisotopic (exact) mass is 331 g/mol. The van der Waals surface area contributed by atoms with Gasteiger partial charge in [0.25, 0.3) is 0 Å². The number of hydrogen-bond donors (Lipinski definition) is 2. The molecule has 2 N–H and O–H groups in total. The number of aliphatic hydroxyl groups excluding tert-OH is 1. The topological polar surface area (TPSA) is 55.8 Å². The van der Waals surface area contributed by atoms with Gasteiger partial charge < -0.3 is 15.3 Å². The highest BCUT2D eigenvalue weighted by Crippen LogP contribution is 2.54. The zero-order valence-electron chi connectivity index (χ0n) is 14.7. The Morgan fingerprint density at radius 3 is 2.42 bits per heavy atom. The predicted octanol–water partition coefficient (Wildman–Crippen LogP) is 1.25. The van der Waals surface area contributed by atoms with E-state index in [1.807, 2.05) is 37.3 Å². The number of nitrogens with one attached hydrogen (secondary N) is 1. The lowest BCUT2D eigenvalue weighted by Crippen LogP contribution is -2.53. The van der Waals surface area contributed by atoms with Gasteiger partial charge in [-0.05, 0) is 32.4 Å². The number of likely N-dealkylation sites (N-methyl/N-ethyl adjacent to an activating group) is 1. The van der Waals surface area contributed by atoms with Crippen molar-refractivity contribution in [1.82, 2.24) is 15.1 Å². The Kier molecular flexibility index (Phi) is 5.23. The first kappa shape index (κ1) is 17.4. The molecule has 1 aromatic carbocycles. The Morgan fingerprint density at radius 2 is 1.83 bits per heavy atom. The summed E-state index contributed by atoms with van der Waals surface area (Å²) in [6, 6.07) is 9.66. The summed E-state index contributed by atoms with van der Waals surface area (Å²) in [6.07, 6.45) is 1.43. The Labute approximate surface area is 144 Å². The first-order valence-corrected chi connectivity index (χ1v) is 8.95. The minimum Gasteiger partial charge on any atom is -0.388 e. The molecule has 2 aliphatic rings. The lowest BCUT2D eigenvalue weighted by atomic mass is 9.92. The third kappa shape index (κ3) is 3.79. The Morgan fingerprint density at radius 1 is 1.21 bits per heavy atom. The molecule has 1 aromatic rings. The first-order valence-electron chi connectivity index (χ1n) is 8.95. The van der Waals surface area contributed by atoms with Gasteiger partial charge in [-0.2, -0.15) is 0 Å². The lowest BCUT2D eigenvalue weighted by Gasteiger charge is -2.36. The maximum atomic E-state index is 12.5. The minimum absolute atomic E-state index is 0.0751. The molecule has 5 nitrogen and oxygen atoms in total. The largest absolute Gasteiger partial charge is 0.388 e. The molecule has 0 aromatic heterocycles. The molecular formula is C19H29N3O2. The van der Waals surface area contributed by atoms with E-state index in [0.29, 0.717) is 6.54 Å². The molecule has 1 amide bonds. The molecule has 2 fully saturated rings. The number of benzene rings is 1. The van der Waals surface area contributed by atoms with Crippen LogP contribution in [0.1, 0.15) is 31.4 Å². The molecule has 5 heteroatoms. The zero-order valence-corrected chi connectivity index (χ0v) is 14.7. The van der Waals surface area contributed by atoms with Crippen LogP contribution in [0.4, 0.5) is 0 Å². The molecule has 2 atom stereocenters. The van der Waals surface area contributed by atoms with E-state index in [1.165, 1.54) is 0 Å². The molecule has 1 saturated heterocycles. The second-order valence-corrected chi connectivity index (χ2v) is 7.41. The third-order valence-electron chi connectivity index (χ3n) is 5.67. The molecule has 1 aliphatic heterocycles. The van der Waals surface area contributed by atoms with Gasteiger partial charge in [0.15, 0.2) is 0 Å². The van der Waals surface area contributed by atoms with Gasteiger partial charge in [0.2, 0.25) is 5.91 Å². The molecule has 1 heterocycles. The van der Waals surface area contributed by atoms with Crippen molar-refractivity contribution >= 4 is 5.91 Å². The smallest absolute Gasteiger partial charge is 0.237 e. The van der Waals surface area contributed by atoms with Crippen LogP contribution in [0.25, 0.3) is 0 Å². The molecule has 2 unspecified atom stereocenters. The summed E-state index contributed by atoms with van der Waals surface area (Å²) in [5, 5.41) is 13.8. The van der Waals surface area contributed by atoms with Crippen molar-refractivity contribution in [3.8, 4) is 0 Å². The number of nitrogens with zero attached hydrogens (tertiary/aromatic N) is 2. The predicted molar refractivity (Wildman–Crippen MR) is 94.6 cm³/mol. The van der Waals surface area contributed by atoms with Crippen LogP contribution in [-0.4, -0.2) is 66.6 Å². The maximum Gasteiger partial charge on any atom is 0.237 e. The summed E-state index contributed by atoms with van der Waals surface area (Å²) in [4.78, 5) is 17.0. The summed E-state index contributed by atoms with van der Waals surface area (Å²) in [6.45, 7) is 6.42. The Hall–Kier alpha value is -1.43. The van der Waals surface area contributed by atoms with Gasteiger partial charge in [-0.3, -0.25) is 9.69 Å². The number of carbonyl (C=O) groups excluding carboxylic acids is 1. The molecule has 0 spiro atoms. The van der Waals surface area contributed by atoms with E-state index in [9.17, 15) is 9.90 Å². The van der Waals surface area contributed by atoms with Gasteiger partial charge in [-0.25, -0.2) is 0 Å². The lowest BCUT2D eigenvalue weighted by molar-refractivity contribution is -0.127. The van der Waals surface area contributed by atoms with Gasteiger partial charge in [-0.15, -0.1) is 0 Å². The van der Waals surface area contributed by atoms with E-state index >= 15 is 0 Å². The van der Waals surface area contributed by atoms with Gasteiger partial charge in [0.05, 0.1) is 12.1 Å². The van der Waals surface area contributed by atoms with E-state index in [2.05, 4.69) is 22.2 Å². The van der Waals surface area contributed by atoms with Crippen molar-refractivity contribution < 1.29 is 9.90 Å². The molecule has 1 aliphatic carbocycles. The Bertz CT molecular complexity index is 551. The molecule has 0 radical (unpaired) electrons. The number of hydrogen-bond acceptors (Lipinski definition) is 4. The van der Waals surface area contributed by atoms with E-state index in [4.69, 9.17) is 0 Å². The fourth-order valence-electron chi connectivity index (χ4n) is 3.48. The molecule has 3 rings (SSSR count). The van der Waals surface area contributed by atoms with Gasteiger partial charge >= 0.3 is 0 Å². The number of piperazine rings is 1. The molecule has 0 bridgehead atoms. The van der Waals surface area contributed by atoms with Gasteiger partial charge in [0.1, 0.15) is 0 Å². The maximum absolute atomic E-state index is 12.5. The third-order valence-corrected chi connectivity index (χ3v) is 5.67. The summed E-state index contributed by atoms with van der Waals surface area (Å²) >= 11 is 0. The minimum atomic E-state index is -0.502. The average Bonchev–Trinajstić information content (AvgIpc) is 3.41. The summed E-state index contributed by atoms with van der Waals surface area (Å²) in [5.74, 6) is 0.0751. The molecule has 1 saturated carbocycles. The van der Waals surface area contributed by atoms with Crippen LogP contribution in [0.2, 0.25) is 0 Å². The van der Waals surface area contributed by atoms with Crippen LogP contribution in [0.3, 0.4) is 0 Å². The number of rotatable bonds is 6. The van der Waals surface area contributed by atoms with Crippen molar-refractivity contribution in [3.63, 3.8) is 0 Å². The van der Waals surface area contributed by atoms with Crippen molar-refractivity contribution in [1.29, 1.82) is 0 Å². The van der Waals surface area contributed by atoms with E-state index in [-0.39, 0.29) is 17.4 Å². The zero-order chi connectivity index (χ0) is 17.2. The summed E-state index contributed by atoms with van der Waals surface area (Å²) in [5.41, 5.74) is 0.759. The van der Waals surface area contributed by atoms with Crippen molar-refractivity contribution in [3.05, 3.63) is 35.9 Å². The van der Waals surface area contributed by atoms with Crippen LogP contribution in [-0.2, 0) is 4.79 Å². The van der Waals surface area contributed by atoms with Crippen LogP contribution in [0.5, 0.6) is 0 Å². The highest BCUT2D eigenvalue weighted by atomic mass is 16.3. The van der Waals surface area contributed by atoms with E-state index in [0.717, 1.165) is 44.6 Å². The van der Waals surface area contributed by atoms with Crippen molar-refractivity contribution in [2.75, 3.05) is 39.8 Å². The average molecular weight is 331 g/mol. The van der Waals surface area contributed by atoms with Crippen molar-refractivity contribution in [2.45, 2.75) is 31.9 Å². The second-order valence-electron chi connectivity index (χ2n) is 7.41. The first-order chi connectivity index (χ1) is 11.5. The van der Waals surface area contributed by atoms with Crippen LogP contribution < -0.4 is 5.32 Å². The Balaban J connectivity index is 1.52. The second kappa shape index (κ2) is 7.21. The van der Waals surface area contributed by atoms with Crippen LogP contribution in [0, 0.1) is 5.41 Å². The van der Waals surface area contributed by atoms with Crippen LogP contribution >= 0.6 is 0 Å². The summed E-state index contributed by atoms with van der Waals surface area (Å²) < 4.78 is 0.